The minimum atomic E-state index is 0.566. The van der Waals surface area contributed by atoms with Crippen LogP contribution in [0.4, 0.5) is 0 Å². The molecule has 0 unspecified atom stereocenters. The molecule has 3 nitrogen and oxygen atoms in total. The number of rotatable bonds is 5. The lowest BCUT2D eigenvalue weighted by Gasteiger charge is -2.11. The van der Waals surface area contributed by atoms with Crippen molar-refractivity contribution in [2.24, 2.45) is 0 Å². The van der Waals surface area contributed by atoms with E-state index in [0.717, 1.165) is 42.8 Å². The summed E-state index contributed by atoms with van der Waals surface area (Å²) in [7, 11) is 1.63. The third-order valence-electron chi connectivity index (χ3n) is 4.25. The van der Waals surface area contributed by atoms with Crippen LogP contribution in [-0.2, 0) is 24.2 Å². The average molecular weight is 309 g/mol. The molecule has 0 fully saturated rings. The summed E-state index contributed by atoms with van der Waals surface area (Å²) in [6.45, 7) is 6.53. The first-order chi connectivity index (χ1) is 11.3. The molecule has 3 heteroatoms. The minimum absolute atomic E-state index is 0.566. The van der Waals surface area contributed by atoms with Gasteiger partial charge in [0.1, 0.15) is 18.1 Å². The monoisotopic (exact) mass is 309 g/mol. The van der Waals surface area contributed by atoms with Gasteiger partial charge in [-0.25, -0.2) is 0 Å². The van der Waals surface area contributed by atoms with Crippen molar-refractivity contribution in [2.45, 2.75) is 19.4 Å². The molecule has 0 atom stereocenters. The predicted molar refractivity (Wildman–Crippen MR) is 93.5 cm³/mol. The lowest BCUT2D eigenvalue weighted by molar-refractivity contribution is 0.306. The van der Waals surface area contributed by atoms with Crippen molar-refractivity contribution >= 4 is 5.76 Å². The topological polar surface area (TPSA) is 30.5 Å². The van der Waals surface area contributed by atoms with E-state index in [1.165, 1.54) is 11.1 Å². The van der Waals surface area contributed by atoms with Crippen LogP contribution >= 0.6 is 0 Å². The van der Waals surface area contributed by atoms with Crippen LogP contribution in [0.15, 0.2) is 49.0 Å². The van der Waals surface area contributed by atoms with E-state index in [0.29, 0.717) is 12.4 Å². The van der Waals surface area contributed by atoms with Gasteiger partial charge in [0, 0.05) is 5.56 Å². The van der Waals surface area contributed by atoms with Crippen LogP contribution in [0.3, 0.4) is 0 Å². The smallest absolute Gasteiger partial charge is 0.120 e. The van der Waals surface area contributed by atoms with E-state index in [4.69, 9.17) is 9.47 Å². The highest BCUT2D eigenvalue weighted by molar-refractivity contribution is 5.57. The van der Waals surface area contributed by atoms with Crippen molar-refractivity contribution in [3.63, 3.8) is 0 Å². The van der Waals surface area contributed by atoms with Crippen LogP contribution in [-0.4, -0.2) is 20.2 Å². The number of fused-ring (bicyclic) bond motifs is 1. The Morgan fingerprint density at radius 3 is 2.52 bits per heavy atom. The second-order valence-corrected chi connectivity index (χ2v) is 5.79. The zero-order valence-electron chi connectivity index (χ0n) is 13.6. The summed E-state index contributed by atoms with van der Waals surface area (Å²) in [4.78, 5) is 0. The van der Waals surface area contributed by atoms with Crippen LogP contribution in [0.2, 0.25) is 0 Å². The zero-order chi connectivity index (χ0) is 16.1. The quantitative estimate of drug-likeness (QED) is 0.857. The Balaban J connectivity index is 1.64. The van der Waals surface area contributed by atoms with Gasteiger partial charge in [0.05, 0.1) is 7.11 Å². The summed E-state index contributed by atoms with van der Waals surface area (Å²) in [5, 5.41) is 3.43. The SMILES string of the molecule is C=C(OC)c1ccc(COc2ccc3c(c2)CCNCC3)cc1. The second-order valence-electron chi connectivity index (χ2n) is 5.79. The normalized spacial score (nSPS) is 13.8. The number of benzene rings is 2. The molecule has 120 valence electrons. The Hall–Kier alpha value is -2.26. The van der Waals surface area contributed by atoms with Crippen LogP contribution in [0, 0.1) is 0 Å². The van der Waals surface area contributed by atoms with E-state index < -0.39 is 0 Å². The first-order valence-electron chi connectivity index (χ1n) is 8.04. The summed E-state index contributed by atoms with van der Waals surface area (Å²) in [6, 6.07) is 14.6. The van der Waals surface area contributed by atoms with Crippen molar-refractivity contribution < 1.29 is 9.47 Å². The van der Waals surface area contributed by atoms with Crippen molar-refractivity contribution in [1.29, 1.82) is 0 Å². The molecular weight excluding hydrogens is 286 g/mol. The molecule has 23 heavy (non-hydrogen) atoms. The van der Waals surface area contributed by atoms with E-state index in [1.54, 1.807) is 7.11 Å². The van der Waals surface area contributed by atoms with E-state index in [2.05, 4.69) is 30.1 Å². The first-order valence-corrected chi connectivity index (χ1v) is 8.04. The molecule has 0 radical (unpaired) electrons. The van der Waals surface area contributed by atoms with Gasteiger partial charge in [0.2, 0.25) is 0 Å². The fourth-order valence-electron chi connectivity index (χ4n) is 2.81. The molecule has 1 aliphatic heterocycles. The summed E-state index contributed by atoms with van der Waals surface area (Å²) in [6.07, 6.45) is 2.17. The van der Waals surface area contributed by atoms with Gasteiger partial charge in [-0.3, -0.25) is 0 Å². The largest absolute Gasteiger partial charge is 0.497 e. The second kappa shape index (κ2) is 7.34. The van der Waals surface area contributed by atoms with E-state index in [1.807, 2.05) is 24.3 Å². The molecule has 1 aliphatic rings. The number of hydrogen-bond acceptors (Lipinski definition) is 3. The molecule has 2 aromatic rings. The maximum Gasteiger partial charge on any atom is 0.120 e. The van der Waals surface area contributed by atoms with Gasteiger partial charge in [-0.05, 0) is 54.8 Å². The molecule has 1 heterocycles. The molecule has 0 saturated carbocycles. The van der Waals surface area contributed by atoms with E-state index in [-0.39, 0.29) is 0 Å². The maximum atomic E-state index is 5.95. The lowest BCUT2D eigenvalue weighted by Crippen LogP contribution is -2.16. The van der Waals surface area contributed by atoms with Gasteiger partial charge >= 0.3 is 0 Å². The van der Waals surface area contributed by atoms with Crippen LogP contribution < -0.4 is 10.1 Å². The average Bonchev–Trinajstić information content (AvgIpc) is 2.84. The molecule has 2 aromatic carbocycles. The summed E-state index contributed by atoms with van der Waals surface area (Å²) in [5.41, 5.74) is 4.96. The standard InChI is InChI=1S/C20H23NO2/c1-15(22-2)17-5-3-16(4-6-17)14-23-20-8-7-18-9-11-21-12-10-19(18)13-20/h3-8,13,21H,1,9-12,14H2,2H3. The fourth-order valence-corrected chi connectivity index (χ4v) is 2.81. The molecule has 0 spiro atoms. The van der Waals surface area contributed by atoms with Crippen molar-refractivity contribution in [2.75, 3.05) is 20.2 Å². The van der Waals surface area contributed by atoms with Crippen LogP contribution in [0.5, 0.6) is 5.75 Å². The molecule has 0 aromatic heterocycles. The van der Waals surface area contributed by atoms with E-state index in [9.17, 15) is 0 Å². The van der Waals surface area contributed by atoms with Gasteiger partial charge in [0.25, 0.3) is 0 Å². The van der Waals surface area contributed by atoms with Crippen molar-refractivity contribution in [3.8, 4) is 5.75 Å². The highest BCUT2D eigenvalue weighted by atomic mass is 16.5. The van der Waals surface area contributed by atoms with E-state index >= 15 is 0 Å². The Bertz CT molecular complexity index is 677. The highest BCUT2D eigenvalue weighted by Gasteiger charge is 2.08. The lowest BCUT2D eigenvalue weighted by atomic mass is 10.0. The Kier molecular flexibility index (Phi) is 4.99. The van der Waals surface area contributed by atoms with Crippen molar-refractivity contribution in [3.05, 3.63) is 71.3 Å². The predicted octanol–water partition coefficient (Wildman–Crippen LogP) is 3.57. The Morgan fingerprint density at radius 1 is 1.04 bits per heavy atom. The van der Waals surface area contributed by atoms with Crippen LogP contribution in [0.1, 0.15) is 22.3 Å². The fraction of sp³-hybridized carbons (Fsp3) is 0.300. The Morgan fingerprint density at radius 2 is 1.78 bits per heavy atom. The number of ether oxygens (including phenoxy) is 2. The van der Waals surface area contributed by atoms with Gasteiger partial charge in [-0.2, -0.15) is 0 Å². The molecule has 0 bridgehead atoms. The number of methoxy groups -OCH3 is 1. The highest BCUT2D eigenvalue weighted by Crippen LogP contribution is 2.21. The third kappa shape index (κ3) is 3.93. The number of nitrogens with one attached hydrogen (secondary N) is 1. The minimum Gasteiger partial charge on any atom is -0.497 e. The first kappa shape index (κ1) is 15.6. The molecule has 0 aliphatic carbocycles. The van der Waals surface area contributed by atoms with Gasteiger partial charge in [0.15, 0.2) is 0 Å². The summed E-state index contributed by atoms with van der Waals surface area (Å²) < 4.78 is 11.1. The number of hydrogen-bond donors (Lipinski definition) is 1. The van der Waals surface area contributed by atoms with Crippen molar-refractivity contribution in [1.82, 2.24) is 5.32 Å². The summed E-state index contributed by atoms with van der Waals surface area (Å²) >= 11 is 0. The third-order valence-corrected chi connectivity index (χ3v) is 4.25. The van der Waals surface area contributed by atoms with Gasteiger partial charge < -0.3 is 14.8 Å². The Labute approximate surface area is 137 Å². The molecule has 0 saturated heterocycles. The molecular formula is C20H23NO2. The zero-order valence-corrected chi connectivity index (χ0v) is 13.6. The molecule has 1 N–H and O–H groups in total. The maximum absolute atomic E-state index is 5.95. The summed E-state index contributed by atoms with van der Waals surface area (Å²) in [5.74, 6) is 1.62. The molecule has 0 amide bonds. The van der Waals surface area contributed by atoms with Crippen LogP contribution in [0.25, 0.3) is 5.76 Å². The van der Waals surface area contributed by atoms with Gasteiger partial charge in [-0.15, -0.1) is 0 Å². The van der Waals surface area contributed by atoms with Gasteiger partial charge in [-0.1, -0.05) is 36.9 Å². The molecule has 3 rings (SSSR count).